The highest BCUT2D eigenvalue weighted by atomic mass is 35.5. The van der Waals surface area contributed by atoms with Crippen LogP contribution in [-0.4, -0.2) is 43.3 Å². The minimum atomic E-state index is -4.15. The summed E-state index contributed by atoms with van der Waals surface area (Å²) in [6.07, 6.45) is 0.349. The molecule has 39 heavy (non-hydrogen) atoms. The topological polar surface area (TPSA) is 86.8 Å². The fourth-order valence-electron chi connectivity index (χ4n) is 4.24. The van der Waals surface area contributed by atoms with Gasteiger partial charge in [-0.3, -0.25) is 13.9 Å². The largest absolute Gasteiger partial charge is 0.350 e. The number of carbonyl (C=O) groups excluding carboxylic acids is 2. The molecule has 0 bridgehead atoms. The number of rotatable bonds is 10. The molecule has 0 saturated carbocycles. The van der Waals surface area contributed by atoms with Crippen LogP contribution < -0.4 is 9.62 Å². The summed E-state index contributed by atoms with van der Waals surface area (Å²) in [5.74, 6) is -0.806. The average Bonchev–Trinajstić information content (AvgIpc) is 2.88. The van der Waals surface area contributed by atoms with Crippen molar-refractivity contribution in [2.45, 2.75) is 64.1 Å². The number of hydrogen-bond donors (Lipinski definition) is 1. The Bertz CT molecular complexity index is 1390. The van der Waals surface area contributed by atoms with Gasteiger partial charge >= 0.3 is 0 Å². The normalized spacial score (nSPS) is 12.5. The number of carbonyl (C=O) groups is 2. The molecule has 3 aromatic carbocycles. The predicted molar refractivity (Wildman–Crippen MR) is 156 cm³/mol. The summed E-state index contributed by atoms with van der Waals surface area (Å²) in [5.41, 5.74) is 1.25. The third-order valence-corrected chi connectivity index (χ3v) is 8.14. The highest BCUT2D eigenvalue weighted by molar-refractivity contribution is 7.92. The SMILES string of the molecule is CCC(C(=O)NC(C)(C)C)N(Cc1ccccc1)C(=O)CN(c1cc(Cl)ccc1C)S(=O)(=O)c1ccccc1. The molecular weight excluding hydrogens is 534 g/mol. The Hall–Kier alpha value is -3.36. The molecule has 7 nitrogen and oxygen atoms in total. The van der Waals surface area contributed by atoms with Crippen LogP contribution in [0.3, 0.4) is 0 Å². The van der Waals surface area contributed by atoms with Crippen LogP contribution in [-0.2, 0) is 26.2 Å². The lowest BCUT2D eigenvalue weighted by Crippen LogP contribution is -2.55. The van der Waals surface area contributed by atoms with Gasteiger partial charge in [-0.2, -0.15) is 0 Å². The van der Waals surface area contributed by atoms with Gasteiger partial charge in [-0.15, -0.1) is 0 Å². The van der Waals surface area contributed by atoms with E-state index in [0.717, 1.165) is 9.87 Å². The first-order chi connectivity index (χ1) is 18.3. The first-order valence-electron chi connectivity index (χ1n) is 12.8. The number of nitrogens with one attached hydrogen (secondary N) is 1. The van der Waals surface area contributed by atoms with Gasteiger partial charge in [0.1, 0.15) is 12.6 Å². The summed E-state index contributed by atoms with van der Waals surface area (Å²) >= 11 is 6.27. The zero-order chi connectivity index (χ0) is 28.8. The quantitative estimate of drug-likeness (QED) is 0.346. The maximum absolute atomic E-state index is 14.1. The molecule has 2 amide bonds. The van der Waals surface area contributed by atoms with Crippen LogP contribution in [0, 0.1) is 6.92 Å². The number of halogens is 1. The standard InChI is InChI=1S/C30H36ClN3O4S/c1-6-26(29(36)32-30(3,4)5)33(20-23-13-9-7-10-14-23)28(35)21-34(27-19-24(31)18-17-22(27)2)39(37,38)25-15-11-8-12-16-25/h7-19,26H,6,20-21H2,1-5H3,(H,32,36). The molecule has 0 fully saturated rings. The molecule has 3 rings (SSSR count). The Balaban J connectivity index is 2.09. The van der Waals surface area contributed by atoms with E-state index in [0.29, 0.717) is 22.7 Å². The Morgan fingerprint density at radius 2 is 1.54 bits per heavy atom. The van der Waals surface area contributed by atoms with E-state index in [4.69, 9.17) is 11.6 Å². The molecule has 0 heterocycles. The Labute approximate surface area is 236 Å². The number of nitrogens with zero attached hydrogens (tertiary/aromatic N) is 2. The molecule has 0 spiro atoms. The van der Waals surface area contributed by atoms with Crippen molar-refractivity contribution in [1.29, 1.82) is 0 Å². The minimum absolute atomic E-state index is 0.0457. The third-order valence-electron chi connectivity index (χ3n) is 6.13. The molecule has 3 aromatic rings. The van der Waals surface area contributed by atoms with E-state index >= 15 is 0 Å². The zero-order valence-corrected chi connectivity index (χ0v) is 24.6. The van der Waals surface area contributed by atoms with Crippen molar-refractivity contribution in [3.8, 4) is 0 Å². The summed E-state index contributed by atoms with van der Waals surface area (Å²) in [6, 6.07) is 21.4. The lowest BCUT2D eigenvalue weighted by molar-refractivity contribution is -0.141. The Morgan fingerprint density at radius 3 is 2.10 bits per heavy atom. The van der Waals surface area contributed by atoms with Gasteiger partial charge in [0, 0.05) is 17.1 Å². The van der Waals surface area contributed by atoms with Gasteiger partial charge < -0.3 is 10.2 Å². The number of amides is 2. The summed E-state index contributed by atoms with van der Waals surface area (Å²) in [7, 11) is -4.15. The van der Waals surface area contributed by atoms with Crippen LogP contribution in [0.1, 0.15) is 45.2 Å². The Kier molecular flexibility index (Phi) is 9.80. The second-order valence-electron chi connectivity index (χ2n) is 10.4. The van der Waals surface area contributed by atoms with Crippen molar-refractivity contribution in [3.05, 3.63) is 95.0 Å². The number of benzene rings is 3. The maximum Gasteiger partial charge on any atom is 0.264 e. The first-order valence-corrected chi connectivity index (χ1v) is 14.6. The molecule has 0 aliphatic heterocycles. The lowest BCUT2D eigenvalue weighted by atomic mass is 10.1. The summed E-state index contributed by atoms with van der Waals surface area (Å²) < 4.78 is 28.9. The van der Waals surface area contributed by atoms with E-state index in [1.54, 1.807) is 37.3 Å². The molecule has 0 aliphatic carbocycles. The molecule has 9 heteroatoms. The van der Waals surface area contributed by atoms with Crippen molar-refractivity contribution in [2.75, 3.05) is 10.8 Å². The number of sulfonamides is 1. The number of hydrogen-bond acceptors (Lipinski definition) is 4. The summed E-state index contributed by atoms with van der Waals surface area (Å²) in [6.45, 7) is 8.84. The monoisotopic (exact) mass is 569 g/mol. The lowest BCUT2D eigenvalue weighted by Gasteiger charge is -2.35. The van der Waals surface area contributed by atoms with Crippen molar-refractivity contribution >= 4 is 39.1 Å². The van der Waals surface area contributed by atoms with Gasteiger partial charge in [0.25, 0.3) is 10.0 Å². The van der Waals surface area contributed by atoms with Crippen molar-refractivity contribution in [1.82, 2.24) is 10.2 Å². The zero-order valence-electron chi connectivity index (χ0n) is 23.0. The van der Waals surface area contributed by atoms with Crippen LogP contribution in [0.2, 0.25) is 5.02 Å². The van der Waals surface area contributed by atoms with Gasteiger partial charge in [-0.25, -0.2) is 8.42 Å². The fraction of sp³-hybridized carbons (Fsp3) is 0.333. The van der Waals surface area contributed by atoms with E-state index in [1.165, 1.54) is 23.1 Å². The van der Waals surface area contributed by atoms with E-state index in [2.05, 4.69) is 5.32 Å². The predicted octanol–water partition coefficient (Wildman–Crippen LogP) is 5.57. The van der Waals surface area contributed by atoms with Gasteiger partial charge in [0.05, 0.1) is 10.6 Å². The van der Waals surface area contributed by atoms with E-state index in [9.17, 15) is 18.0 Å². The third kappa shape index (κ3) is 7.83. The maximum atomic E-state index is 14.1. The summed E-state index contributed by atoms with van der Waals surface area (Å²) in [4.78, 5) is 28.9. The molecule has 208 valence electrons. The van der Waals surface area contributed by atoms with Crippen LogP contribution in [0.5, 0.6) is 0 Å². The molecule has 0 saturated heterocycles. The number of anilines is 1. The van der Waals surface area contributed by atoms with Crippen LogP contribution in [0.4, 0.5) is 5.69 Å². The number of aryl methyl sites for hydroxylation is 1. The molecule has 1 unspecified atom stereocenters. The van der Waals surface area contributed by atoms with Gasteiger partial charge in [-0.05, 0) is 69.5 Å². The molecule has 1 atom stereocenters. The molecule has 0 aromatic heterocycles. The second kappa shape index (κ2) is 12.7. The van der Waals surface area contributed by atoms with Crippen molar-refractivity contribution in [3.63, 3.8) is 0 Å². The molecule has 0 aliphatic rings. The smallest absolute Gasteiger partial charge is 0.264 e. The highest BCUT2D eigenvalue weighted by Gasteiger charge is 2.35. The molecule has 0 radical (unpaired) electrons. The first kappa shape index (κ1) is 30.2. The minimum Gasteiger partial charge on any atom is -0.350 e. The van der Waals surface area contributed by atoms with Crippen LogP contribution >= 0.6 is 11.6 Å². The fourth-order valence-corrected chi connectivity index (χ4v) is 5.89. The van der Waals surface area contributed by atoms with Crippen molar-refractivity contribution in [2.24, 2.45) is 0 Å². The van der Waals surface area contributed by atoms with Gasteiger partial charge in [-0.1, -0.05) is 73.1 Å². The van der Waals surface area contributed by atoms with Crippen LogP contribution in [0.25, 0.3) is 0 Å². The second-order valence-corrected chi connectivity index (χ2v) is 12.7. The Morgan fingerprint density at radius 1 is 0.949 bits per heavy atom. The molecule has 1 N–H and O–H groups in total. The van der Waals surface area contributed by atoms with E-state index < -0.39 is 34.1 Å². The highest BCUT2D eigenvalue weighted by Crippen LogP contribution is 2.30. The van der Waals surface area contributed by atoms with Gasteiger partial charge in [0.15, 0.2) is 0 Å². The van der Waals surface area contributed by atoms with E-state index in [1.807, 2.05) is 58.0 Å². The van der Waals surface area contributed by atoms with Gasteiger partial charge in [0.2, 0.25) is 11.8 Å². The average molecular weight is 570 g/mol. The van der Waals surface area contributed by atoms with Crippen molar-refractivity contribution < 1.29 is 18.0 Å². The van der Waals surface area contributed by atoms with E-state index in [-0.39, 0.29) is 17.3 Å². The summed E-state index contributed by atoms with van der Waals surface area (Å²) in [5, 5.41) is 3.31. The van der Waals surface area contributed by atoms with Crippen LogP contribution in [0.15, 0.2) is 83.8 Å². The molecular formula is C30H36ClN3O4S.